The SMILES string of the molecule is O=C(NCC1CNCC1O)C1CC(=O)N(c2ccccc2Cl)C1. The lowest BCUT2D eigenvalue weighted by Gasteiger charge is -2.19. The van der Waals surface area contributed by atoms with Crippen molar-refractivity contribution in [1.29, 1.82) is 0 Å². The number of halogens is 1. The smallest absolute Gasteiger partial charge is 0.227 e. The Hall–Kier alpha value is -1.63. The molecule has 0 radical (unpaired) electrons. The standard InChI is InChI=1S/C16H20ClN3O3/c17-12-3-1-2-4-13(12)20-9-10(5-15(20)22)16(23)19-7-11-6-18-8-14(11)21/h1-4,10-11,14,18,21H,5-9H2,(H,19,23). The van der Waals surface area contributed by atoms with E-state index in [9.17, 15) is 14.7 Å². The van der Waals surface area contributed by atoms with E-state index in [1.807, 2.05) is 6.07 Å². The number of amides is 2. The number of anilines is 1. The monoisotopic (exact) mass is 337 g/mol. The van der Waals surface area contributed by atoms with E-state index in [-0.39, 0.29) is 30.1 Å². The van der Waals surface area contributed by atoms with Gasteiger partial charge in [0.25, 0.3) is 0 Å². The Morgan fingerprint density at radius 1 is 1.39 bits per heavy atom. The number of carbonyl (C=O) groups is 2. The van der Waals surface area contributed by atoms with E-state index in [0.29, 0.717) is 36.9 Å². The molecule has 2 aliphatic rings. The molecule has 1 aromatic rings. The van der Waals surface area contributed by atoms with Gasteiger partial charge in [0.05, 0.1) is 22.7 Å². The highest BCUT2D eigenvalue weighted by molar-refractivity contribution is 6.33. The first kappa shape index (κ1) is 16.2. The first-order valence-corrected chi connectivity index (χ1v) is 8.15. The lowest BCUT2D eigenvalue weighted by Crippen LogP contribution is -2.38. The minimum Gasteiger partial charge on any atom is -0.391 e. The molecule has 0 spiro atoms. The molecule has 3 atom stereocenters. The molecular weight excluding hydrogens is 318 g/mol. The van der Waals surface area contributed by atoms with Gasteiger partial charge in [0.15, 0.2) is 0 Å². The van der Waals surface area contributed by atoms with Crippen LogP contribution in [0.1, 0.15) is 6.42 Å². The van der Waals surface area contributed by atoms with Crippen LogP contribution < -0.4 is 15.5 Å². The first-order chi connectivity index (χ1) is 11.1. The molecule has 2 fully saturated rings. The summed E-state index contributed by atoms with van der Waals surface area (Å²) in [5.74, 6) is -0.603. The van der Waals surface area contributed by atoms with Crippen LogP contribution in [0.15, 0.2) is 24.3 Å². The minimum absolute atomic E-state index is 0.0238. The summed E-state index contributed by atoms with van der Waals surface area (Å²) in [6.45, 7) is 2.00. The lowest BCUT2D eigenvalue weighted by molar-refractivity contribution is -0.126. The van der Waals surface area contributed by atoms with E-state index >= 15 is 0 Å². The maximum Gasteiger partial charge on any atom is 0.227 e. The third-order valence-electron chi connectivity index (χ3n) is 4.48. The summed E-state index contributed by atoms with van der Waals surface area (Å²) in [6, 6.07) is 7.13. The number of nitrogens with one attached hydrogen (secondary N) is 2. The van der Waals surface area contributed by atoms with Crippen molar-refractivity contribution in [3.8, 4) is 0 Å². The normalized spacial score (nSPS) is 27.5. The molecule has 3 unspecified atom stereocenters. The van der Waals surface area contributed by atoms with Crippen LogP contribution in [0.25, 0.3) is 0 Å². The molecule has 2 saturated heterocycles. The summed E-state index contributed by atoms with van der Waals surface area (Å²) < 4.78 is 0. The van der Waals surface area contributed by atoms with Crippen LogP contribution in [-0.4, -0.2) is 49.2 Å². The zero-order valence-electron chi connectivity index (χ0n) is 12.7. The zero-order chi connectivity index (χ0) is 16.4. The average molecular weight is 338 g/mol. The highest BCUT2D eigenvalue weighted by Gasteiger charge is 2.36. The van der Waals surface area contributed by atoms with Crippen LogP contribution in [0.2, 0.25) is 5.02 Å². The van der Waals surface area contributed by atoms with Crippen molar-refractivity contribution in [3.05, 3.63) is 29.3 Å². The highest BCUT2D eigenvalue weighted by Crippen LogP contribution is 2.31. The minimum atomic E-state index is -0.430. The van der Waals surface area contributed by atoms with E-state index < -0.39 is 6.10 Å². The van der Waals surface area contributed by atoms with Gasteiger partial charge in [-0.15, -0.1) is 0 Å². The molecule has 1 aromatic carbocycles. The van der Waals surface area contributed by atoms with Crippen molar-refractivity contribution in [2.45, 2.75) is 12.5 Å². The molecule has 7 heteroatoms. The number of hydrogen-bond donors (Lipinski definition) is 3. The van der Waals surface area contributed by atoms with E-state index in [4.69, 9.17) is 11.6 Å². The Bertz CT molecular complexity index is 610. The van der Waals surface area contributed by atoms with Crippen LogP contribution >= 0.6 is 11.6 Å². The largest absolute Gasteiger partial charge is 0.391 e. The number of benzene rings is 1. The topological polar surface area (TPSA) is 81.7 Å². The molecule has 6 nitrogen and oxygen atoms in total. The molecule has 0 aromatic heterocycles. The lowest BCUT2D eigenvalue weighted by atomic mass is 10.0. The van der Waals surface area contributed by atoms with Crippen LogP contribution in [0, 0.1) is 11.8 Å². The van der Waals surface area contributed by atoms with Gasteiger partial charge in [0.2, 0.25) is 11.8 Å². The van der Waals surface area contributed by atoms with Crippen molar-refractivity contribution >= 4 is 29.1 Å². The molecule has 0 aliphatic carbocycles. The van der Waals surface area contributed by atoms with Crippen molar-refractivity contribution in [2.75, 3.05) is 31.1 Å². The summed E-state index contributed by atoms with van der Waals surface area (Å²) in [6.07, 6.45) is -0.247. The maximum atomic E-state index is 12.3. The Morgan fingerprint density at radius 2 is 2.17 bits per heavy atom. The fourth-order valence-corrected chi connectivity index (χ4v) is 3.33. The number of carbonyl (C=O) groups excluding carboxylic acids is 2. The number of para-hydroxylation sites is 1. The van der Waals surface area contributed by atoms with E-state index in [1.54, 1.807) is 23.1 Å². The van der Waals surface area contributed by atoms with Gasteiger partial charge in [-0.05, 0) is 12.1 Å². The van der Waals surface area contributed by atoms with Gasteiger partial charge < -0.3 is 20.6 Å². The molecule has 2 heterocycles. The molecule has 2 amide bonds. The number of hydrogen-bond acceptors (Lipinski definition) is 4. The first-order valence-electron chi connectivity index (χ1n) is 7.77. The molecule has 3 rings (SSSR count). The highest BCUT2D eigenvalue weighted by atomic mass is 35.5. The molecule has 23 heavy (non-hydrogen) atoms. The van der Waals surface area contributed by atoms with Crippen LogP contribution in [0.4, 0.5) is 5.69 Å². The van der Waals surface area contributed by atoms with Crippen molar-refractivity contribution in [1.82, 2.24) is 10.6 Å². The average Bonchev–Trinajstić information content (AvgIpc) is 3.11. The molecule has 2 aliphatic heterocycles. The van der Waals surface area contributed by atoms with E-state index in [0.717, 1.165) is 0 Å². The Kier molecular flexibility index (Phi) is 4.84. The summed E-state index contributed by atoms with van der Waals surface area (Å²) in [5.41, 5.74) is 0.643. The zero-order valence-corrected chi connectivity index (χ0v) is 13.4. The van der Waals surface area contributed by atoms with Crippen LogP contribution in [0.5, 0.6) is 0 Å². The van der Waals surface area contributed by atoms with Crippen molar-refractivity contribution in [2.24, 2.45) is 11.8 Å². The maximum absolute atomic E-state index is 12.3. The summed E-state index contributed by atoms with van der Waals surface area (Å²) in [7, 11) is 0. The predicted molar refractivity (Wildman–Crippen MR) is 87.3 cm³/mol. The van der Waals surface area contributed by atoms with Gasteiger partial charge in [-0.3, -0.25) is 9.59 Å². The number of nitrogens with zero attached hydrogens (tertiary/aromatic N) is 1. The van der Waals surface area contributed by atoms with Crippen molar-refractivity contribution in [3.63, 3.8) is 0 Å². The molecule has 0 saturated carbocycles. The van der Waals surface area contributed by atoms with Gasteiger partial charge in [0, 0.05) is 38.5 Å². The van der Waals surface area contributed by atoms with E-state index in [1.165, 1.54) is 0 Å². The molecular formula is C16H20ClN3O3. The summed E-state index contributed by atoms with van der Waals surface area (Å²) >= 11 is 6.13. The molecule has 0 bridgehead atoms. The molecule has 3 N–H and O–H groups in total. The van der Waals surface area contributed by atoms with Gasteiger partial charge in [-0.2, -0.15) is 0 Å². The second-order valence-electron chi connectivity index (χ2n) is 6.09. The second kappa shape index (κ2) is 6.86. The van der Waals surface area contributed by atoms with Gasteiger partial charge >= 0.3 is 0 Å². The second-order valence-corrected chi connectivity index (χ2v) is 6.49. The van der Waals surface area contributed by atoms with Crippen molar-refractivity contribution < 1.29 is 14.7 Å². The Morgan fingerprint density at radius 3 is 2.87 bits per heavy atom. The summed E-state index contributed by atoms with van der Waals surface area (Å²) in [5, 5.41) is 16.2. The number of rotatable bonds is 4. The van der Waals surface area contributed by atoms with Crippen LogP contribution in [0.3, 0.4) is 0 Å². The fourth-order valence-electron chi connectivity index (χ4n) is 3.09. The predicted octanol–water partition coefficient (Wildman–Crippen LogP) is 0.389. The quantitative estimate of drug-likeness (QED) is 0.742. The Labute approximate surface area is 139 Å². The van der Waals surface area contributed by atoms with Gasteiger partial charge in [-0.25, -0.2) is 0 Å². The number of aliphatic hydroxyl groups excluding tert-OH is 1. The summed E-state index contributed by atoms with van der Waals surface area (Å²) in [4.78, 5) is 26.1. The van der Waals surface area contributed by atoms with Gasteiger partial charge in [-0.1, -0.05) is 23.7 Å². The van der Waals surface area contributed by atoms with E-state index in [2.05, 4.69) is 10.6 Å². The fraction of sp³-hybridized carbons (Fsp3) is 0.500. The number of aliphatic hydroxyl groups is 1. The molecule has 124 valence electrons. The van der Waals surface area contributed by atoms with Crippen LogP contribution in [-0.2, 0) is 9.59 Å². The third kappa shape index (κ3) is 3.49. The van der Waals surface area contributed by atoms with Gasteiger partial charge in [0.1, 0.15) is 0 Å². The number of β-amino-alcohol motifs (C(OH)–C–C–N with tert-alkyl or cyclic N) is 1. The Balaban J connectivity index is 1.58. The third-order valence-corrected chi connectivity index (χ3v) is 4.80.